The van der Waals surface area contributed by atoms with Gasteiger partial charge in [0.05, 0.1) is 12.6 Å². The first-order chi connectivity index (χ1) is 10.4. The molecule has 7 heteroatoms. The Balaban J connectivity index is 1.95. The molecule has 1 aromatic carbocycles. The van der Waals surface area contributed by atoms with Crippen molar-refractivity contribution in [2.24, 2.45) is 0 Å². The van der Waals surface area contributed by atoms with Crippen molar-refractivity contribution in [2.75, 3.05) is 13.1 Å². The third-order valence-electron chi connectivity index (χ3n) is 3.80. The summed E-state index contributed by atoms with van der Waals surface area (Å²) in [7, 11) is 0. The Morgan fingerprint density at radius 2 is 2.18 bits per heavy atom. The Kier molecular flexibility index (Phi) is 5.67. The van der Waals surface area contributed by atoms with Crippen molar-refractivity contribution >= 4 is 35.1 Å². The SMILES string of the molecule is C[C@H](NC(=O)CN1CCC[C@H]1C(=O)O)c1ccc(Cl)cc1Cl. The van der Waals surface area contributed by atoms with Crippen LogP contribution in [-0.4, -0.2) is 41.0 Å². The summed E-state index contributed by atoms with van der Waals surface area (Å²) < 4.78 is 0. The van der Waals surface area contributed by atoms with Crippen LogP contribution in [0.5, 0.6) is 0 Å². The third kappa shape index (κ3) is 4.12. The summed E-state index contributed by atoms with van der Waals surface area (Å²) in [5.41, 5.74) is 0.774. The number of amides is 1. The van der Waals surface area contributed by atoms with Crippen molar-refractivity contribution < 1.29 is 14.7 Å². The van der Waals surface area contributed by atoms with Crippen LogP contribution in [0.1, 0.15) is 31.4 Å². The third-order valence-corrected chi connectivity index (χ3v) is 4.36. The number of rotatable bonds is 5. The van der Waals surface area contributed by atoms with E-state index in [9.17, 15) is 9.59 Å². The molecule has 120 valence electrons. The summed E-state index contributed by atoms with van der Waals surface area (Å²) in [6.45, 7) is 2.53. The van der Waals surface area contributed by atoms with Crippen LogP contribution in [0.2, 0.25) is 10.0 Å². The van der Waals surface area contributed by atoms with E-state index in [2.05, 4.69) is 5.32 Å². The maximum Gasteiger partial charge on any atom is 0.320 e. The summed E-state index contributed by atoms with van der Waals surface area (Å²) in [4.78, 5) is 24.9. The molecule has 2 N–H and O–H groups in total. The highest BCUT2D eigenvalue weighted by molar-refractivity contribution is 6.35. The van der Waals surface area contributed by atoms with Gasteiger partial charge >= 0.3 is 5.97 Å². The van der Waals surface area contributed by atoms with Crippen molar-refractivity contribution in [3.63, 3.8) is 0 Å². The van der Waals surface area contributed by atoms with E-state index in [0.717, 1.165) is 12.0 Å². The van der Waals surface area contributed by atoms with E-state index in [1.54, 1.807) is 23.1 Å². The normalized spacial score (nSPS) is 19.9. The topological polar surface area (TPSA) is 69.6 Å². The zero-order chi connectivity index (χ0) is 16.3. The zero-order valence-electron chi connectivity index (χ0n) is 12.2. The molecule has 1 aliphatic rings. The number of likely N-dealkylation sites (tertiary alicyclic amines) is 1. The van der Waals surface area contributed by atoms with E-state index in [1.807, 2.05) is 6.92 Å². The largest absolute Gasteiger partial charge is 0.480 e. The van der Waals surface area contributed by atoms with Crippen LogP contribution in [0.3, 0.4) is 0 Å². The second-order valence-corrected chi connectivity index (χ2v) is 6.27. The Morgan fingerprint density at radius 1 is 1.45 bits per heavy atom. The van der Waals surface area contributed by atoms with Crippen LogP contribution in [0.4, 0.5) is 0 Å². The average molecular weight is 345 g/mol. The van der Waals surface area contributed by atoms with Gasteiger partial charge in [0, 0.05) is 10.0 Å². The Morgan fingerprint density at radius 3 is 2.82 bits per heavy atom. The summed E-state index contributed by atoms with van der Waals surface area (Å²) in [6.07, 6.45) is 1.38. The first-order valence-electron chi connectivity index (χ1n) is 7.09. The van der Waals surface area contributed by atoms with Gasteiger partial charge in [0.2, 0.25) is 5.91 Å². The number of carboxylic acid groups (broad SMARTS) is 1. The molecule has 0 spiro atoms. The van der Waals surface area contributed by atoms with Crippen molar-refractivity contribution in [3.8, 4) is 0 Å². The second kappa shape index (κ2) is 7.31. The Bertz CT molecular complexity index is 580. The molecule has 2 atom stereocenters. The molecule has 0 aromatic heterocycles. The zero-order valence-corrected chi connectivity index (χ0v) is 13.7. The molecule has 1 aliphatic heterocycles. The molecular weight excluding hydrogens is 327 g/mol. The summed E-state index contributed by atoms with van der Waals surface area (Å²) in [5, 5.41) is 13.0. The Labute approximate surface area is 139 Å². The van der Waals surface area contributed by atoms with Gasteiger partial charge in [-0.15, -0.1) is 0 Å². The molecule has 5 nitrogen and oxygen atoms in total. The molecule has 0 radical (unpaired) electrons. The van der Waals surface area contributed by atoms with Gasteiger partial charge in [-0.2, -0.15) is 0 Å². The average Bonchev–Trinajstić information content (AvgIpc) is 2.86. The van der Waals surface area contributed by atoms with Gasteiger partial charge in [-0.3, -0.25) is 14.5 Å². The molecule has 0 aliphatic carbocycles. The van der Waals surface area contributed by atoms with Crippen LogP contribution in [0.25, 0.3) is 0 Å². The number of halogens is 2. The monoisotopic (exact) mass is 344 g/mol. The van der Waals surface area contributed by atoms with Crippen LogP contribution in [0.15, 0.2) is 18.2 Å². The number of carboxylic acids is 1. The quantitative estimate of drug-likeness (QED) is 0.861. The first-order valence-corrected chi connectivity index (χ1v) is 7.85. The van der Waals surface area contributed by atoms with Crippen LogP contribution >= 0.6 is 23.2 Å². The van der Waals surface area contributed by atoms with E-state index in [-0.39, 0.29) is 18.5 Å². The van der Waals surface area contributed by atoms with Crippen LogP contribution in [0, 0.1) is 0 Å². The molecule has 1 saturated heterocycles. The molecular formula is C15H18Cl2N2O3. The van der Waals surface area contributed by atoms with E-state index in [4.69, 9.17) is 28.3 Å². The highest BCUT2D eigenvalue weighted by Gasteiger charge is 2.31. The van der Waals surface area contributed by atoms with Crippen LogP contribution in [-0.2, 0) is 9.59 Å². The number of hydrogen-bond acceptors (Lipinski definition) is 3. The van der Waals surface area contributed by atoms with Crippen LogP contribution < -0.4 is 5.32 Å². The summed E-state index contributed by atoms with van der Waals surface area (Å²) >= 11 is 12.0. The maximum absolute atomic E-state index is 12.1. The van der Waals surface area contributed by atoms with Crippen molar-refractivity contribution in [1.29, 1.82) is 0 Å². The van der Waals surface area contributed by atoms with Gasteiger partial charge in [-0.05, 0) is 44.0 Å². The van der Waals surface area contributed by atoms with Crippen molar-refractivity contribution in [3.05, 3.63) is 33.8 Å². The lowest BCUT2D eigenvalue weighted by Crippen LogP contribution is -2.43. The molecule has 0 saturated carbocycles. The molecule has 0 unspecified atom stereocenters. The van der Waals surface area contributed by atoms with E-state index >= 15 is 0 Å². The summed E-state index contributed by atoms with van der Waals surface area (Å²) in [5.74, 6) is -1.09. The minimum Gasteiger partial charge on any atom is -0.480 e. The molecule has 22 heavy (non-hydrogen) atoms. The number of nitrogens with zero attached hydrogens (tertiary/aromatic N) is 1. The maximum atomic E-state index is 12.1. The molecule has 0 bridgehead atoms. The molecule has 1 heterocycles. The van der Waals surface area contributed by atoms with E-state index < -0.39 is 12.0 Å². The number of hydrogen-bond donors (Lipinski definition) is 2. The predicted molar refractivity (Wildman–Crippen MR) is 85.3 cm³/mol. The fourth-order valence-corrected chi connectivity index (χ4v) is 3.27. The first kappa shape index (κ1) is 17.1. The van der Waals surface area contributed by atoms with Gasteiger partial charge in [0.1, 0.15) is 6.04 Å². The smallest absolute Gasteiger partial charge is 0.320 e. The van der Waals surface area contributed by atoms with Crippen molar-refractivity contribution in [2.45, 2.75) is 31.8 Å². The second-order valence-electron chi connectivity index (χ2n) is 5.42. The lowest BCUT2D eigenvalue weighted by molar-refractivity contribution is -0.142. The van der Waals surface area contributed by atoms with Gasteiger partial charge in [-0.1, -0.05) is 29.3 Å². The van der Waals surface area contributed by atoms with E-state index in [1.165, 1.54) is 0 Å². The number of carbonyl (C=O) groups is 2. The van der Waals surface area contributed by atoms with E-state index in [0.29, 0.717) is 23.0 Å². The summed E-state index contributed by atoms with van der Waals surface area (Å²) in [6, 6.07) is 4.27. The molecule has 2 rings (SSSR count). The number of benzene rings is 1. The Hall–Kier alpha value is -1.30. The molecule has 1 amide bonds. The van der Waals surface area contributed by atoms with Gasteiger partial charge in [0.15, 0.2) is 0 Å². The minimum atomic E-state index is -0.876. The fraction of sp³-hybridized carbons (Fsp3) is 0.467. The minimum absolute atomic E-state index is 0.0759. The molecule has 1 aromatic rings. The fourth-order valence-electron chi connectivity index (χ4n) is 2.70. The standard InChI is InChI=1S/C15H18Cl2N2O3/c1-9(11-5-4-10(16)7-12(11)17)18-14(20)8-19-6-2-3-13(19)15(21)22/h4-5,7,9,13H,2-3,6,8H2,1H3,(H,18,20)(H,21,22)/t9-,13-/m0/s1. The highest BCUT2D eigenvalue weighted by Crippen LogP contribution is 2.26. The van der Waals surface area contributed by atoms with Gasteiger partial charge in [-0.25, -0.2) is 0 Å². The van der Waals surface area contributed by atoms with Gasteiger partial charge in [0.25, 0.3) is 0 Å². The number of carbonyl (C=O) groups excluding carboxylic acids is 1. The number of nitrogens with one attached hydrogen (secondary N) is 1. The van der Waals surface area contributed by atoms with Gasteiger partial charge < -0.3 is 10.4 Å². The van der Waals surface area contributed by atoms with Crippen molar-refractivity contribution in [1.82, 2.24) is 10.2 Å². The lowest BCUT2D eigenvalue weighted by Gasteiger charge is -2.22. The number of aliphatic carboxylic acids is 1. The highest BCUT2D eigenvalue weighted by atomic mass is 35.5. The predicted octanol–water partition coefficient (Wildman–Crippen LogP) is 2.72. The molecule has 1 fully saturated rings. The lowest BCUT2D eigenvalue weighted by atomic mass is 10.1.